The number of carbonyl (C=O) groups excluding carboxylic acids is 2. The largest absolute Gasteiger partial charge is 0.329 e. The Morgan fingerprint density at radius 1 is 1.37 bits per heavy atom. The summed E-state index contributed by atoms with van der Waals surface area (Å²) in [6.45, 7) is 0. The standard InChI is InChI=1S/C14H13IN2O2/c15-9-2-1-3-10(7-9)17-12(18)14(16-13(17)19)5-4-8-6-11(8)14/h1-3,7-8,11H,4-6H2,(H,16,19). The number of benzene rings is 1. The number of carbonyl (C=O) groups is 2. The zero-order valence-corrected chi connectivity index (χ0v) is 12.4. The molecule has 1 heterocycles. The van der Waals surface area contributed by atoms with Crippen LogP contribution in [0.1, 0.15) is 19.3 Å². The van der Waals surface area contributed by atoms with Crippen molar-refractivity contribution in [2.75, 3.05) is 4.90 Å². The van der Waals surface area contributed by atoms with Crippen LogP contribution in [0.25, 0.3) is 0 Å². The molecule has 2 aliphatic carbocycles. The van der Waals surface area contributed by atoms with Crippen molar-refractivity contribution in [1.29, 1.82) is 0 Å². The molecule has 2 saturated carbocycles. The molecule has 1 aliphatic heterocycles. The van der Waals surface area contributed by atoms with Gasteiger partial charge in [-0.25, -0.2) is 9.69 Å². The van der Waals surface area contributed by atoms with Gasteiger partial charge in [0.2, 0.25) is 0 Å². The minimum atomic E-state index is -0.594. The molecule has 1 saturated heterocycles. The van der Waals surface area contributed by atoms with E-state index in [0.29, 0.717) is 17.5 Å². The van der Waals surface area contributed by atoms with Crippen LogP contribution in [0.5, 0.6) is 0 Å². The second kappa shape index (κ2) is 3.71. The normalized spacial score (nSPS) is 35.7. The first-order valence-corrected chi connectivity index (χ1v) is 7.62. The Labute approximate surface area is 124 Å². The van der Waals surface area contributed by atoms with Gasteiger partial charge in [0.15, 0.2) is 0 Å². The van der Waals surface area contributed by atoms with E-state index in [1.54, 1.807) is 0 Å². The number of amides is 3. The molecule has 3 fully saturated rings. The zero-order chi connectivity index (χ0) is 13.2. The lowest BCUT2D eigenvalue weighted by Crippen LogP contribution is -2.47. The molecule has 3 atom stereocenters. The van der Waals surface area contributed by atoms with E-state index in [1.165, 1.54) is 4.90 Å². The number of nitrogens with zero attached hydrogens (tertiary/aromatic N) is 1. The number of anilines is 1. The average molecular weight is 368 g/mol. The summed E-state index contributed by atoms with van der Waals surface area (Å²) in [7, 11) is 0. The fraction of sp³-hybridized carbons (Fsp3) is 0.429. The molecule has 0 aromatic heterocycles. The molecule has 0 radical (unpaired) electrons. The van der Waals surface area contributed by atoms with Crippen LogP contribution in [0.15, 0.2) is 24.3 Å². The first-order valence-electron chi connectivity index (χ1n) is 6.54. The molecular formula is C14H13IN2O2. The van der Waals surface area contributed by atoms with E-state index in [9.17, 15) is 9.59 Å². The van der Waals surface area contributed by atoms with E-state index < -0.39 is 5.54 Å². The van der Waals surface area contributed by atoms with Gasteiger partial charge in [0.1, 0.15) is 5.54 Å². The first-order chi connectivity index (χ1) is 9.12. The Bertz CT molecular complexity index is 603. The molecule has 1 aromatic carbocycles. The summed E-state index contributed by atoms with van der Waals surface area (Å²) in [5, 5.41) is 2.97. The van der Waals surface area contributed by atoms with Crippen molar-refractivity contribution >= 4 is 40.2 Å². The lowest BCUT2D eigenvalue weighted by molar-refractivity contribution is -0.122. The maximum absolute atomic E-state index is 12.7. The zero-order valence-electron chi connectivity index (χ0n) is 10.2. The van der Waals surface area contributed by atoms with Gasteiger partial charge in [-0.1, -0.05) is 6.07 Å². The molecule has 4 nitrogen and oxygen atoms in total. The molecule has 1 aromatic rings. The number of imide groups is 1. The maximum atomic E-state index is 12.7. The highest BCUT2D eigenvalue weighted by atomic mass is 127. The topological polar surface area (TPSA) is 49.4 Å². The number of rotatable bonds is 1. The third kappa shape index (κ3) is 1.50. The Morgan fingerprint density at radius 3 is 2.84 bits per heavy atom. The van der Waals surface area contributed by atoms with Gasteiger partial charge < -0.3 is 5.32 Å². The van der Waals surface area contributed by atoms with Crippen molar-refractivity contribution in [2.45, 2.75) is 24.8 Å². The molecule has 3 aliphatic rings. The molecule has 98 valence electrons. The van der Waals surface area contributed by atoms with Crippen molar-refractivity contribution in [2.24, 2.45) is 11.8 Å². The second-order valence-electron chi connectivity index (χ2n) is 5.66. The fourth-order valence-corrected chi connectivity index (χ4v) is 4.16. The van der Waals surface area contributed by atoms with Crippen molar-refractivity contribution in [3.63, 3.8) is 0 Å². The van der Waals surface area contributed by atoms with Gasteiger partial charge in [-0.05, 0) is 71.9 Å². The number of urea groups is 1. The number of nitrogens with one attached hydrogen (secondary N) is 1. The Hall–Kier alpha value is -1.11. The Balaban J connectivity index is 1.74. The summed E-state index contributed by atoms with van der Waals surface area (Å²) >= 11 is 2.19. The van der Waals surface area contributed by atoms with Crippen molar-refractivity contribution in [3.05, 3.63) is 27.8 Å². The van der Waals surface area contributed by atoms with Crippen LogP contribution in [-0.2, 0) is 4.79 Å². The fourth-order valence-electron chi connectivity index (χ4n) is 3.63. The second-order valence-corrected chi connectivity index (χ2v) is 6.91. The van der Waals surface area contributed by atoms with Gasteiger partial charge in [0.25, 0.3) is 5.91 Å². The molecule has 19 heavy (non-hydrogen) atoms. The summed E-state index contributed by atoms with van der Waals surface area (Å²) in [5.74, 6) is 0.973. The SMILES string of the molecule is O=C1NC2(CCC3CC32)C(=O)N1c1cccc(I)c1. The van der Waals surface area contributed by atoms with E-state index in [0.717, 1.165) is 22.8 Å². The predicted molar refractivity (Wildman–Crippen MR) is 78.7 cm³/mol. The van der Waals surface area contributed by atoms with Crippen LogP contribution in [-0.4, -0.2) is 17.5 Å². The lowest BCUT2D eigenvalue weighted by Gasteiger charge is -2.22. The summed E-state index contributed by atoms with van der Waals surface area (Å²) in [6.07, 6.45) is 2.95. The number of hydrogen-bond acceptors (Lipinski definition) is 2. The molecule has 4 rings (SSSR count). The highest BCUT2D eigenvalue weighted by Crippen LogP contribution is 2.59. The summed E-state index contributed by atoms with van der Waals surface area (Å²) < 4.78 is 1.02. The lowest BCUT2D eigenvalue weighted by atomic mass is 9.93. The van der Waals surface area contributed by atoms with Crippen LogP contribution in [0.3, 0.4) is 0 Å². The van der Waals surface area contributed by atoms with Gasteiger partial charge >= 0.3 is 6.03 Å². The van der Waals surface area contributed by atoms with E-state index >= 15 is 0 Å². The number of hydrogen-bond donors (Lipinski definition) is 1. The van der Waals surface area contributed by atoms with Gasteiger partial charge in [0, 0.05) is 3.57 Å². The molecule has 0 bridgehead atoms. The first kappa shape index (κ1) is 11.7. The summed E-state index contributed by atoms with van der Waals surface area (Å²) in [4.78, 5) is 26.3. The number of fused-ring (bicyclic) bond motifs is 2. The third-order valence-corrected chi connectivity index (χ3v) is 5.32. The van der Waals surface area contributed by atoms with Crippen LogP contribution in [0.2, 0.25) is 0 Å². The van der Waals surface area contributed by atoms with E-state index in [1.807, 2.05) is 24.3 Å². The molecular weight excluding hydrogens is 355 g/mol. The molecule has 3 amide bonds. The Morgan fingerprint density at radius 2 is 2.21 bits per heavy atom. The third-order valence-electron chi connectivity index (χ3n) is 4.65. The van der Waals surface area contributed by atoms with Crippen LogP contribution in [0.4, 0.5) is 10.5 Å². The van der Waals surface area contributed by atoms with Gasteiger partial charge in [-0.15, -0.1) is 0 Å². The van der Waals surface area contributed by atoms with Crippen molar-refractivity contribution in [1.82, 2.24) is 5.32 Å². The Kier molecular flexibility index (Phi) is 2.29. The number of halogens is 1. The quantitative estimate of drug-likeness (QED) is 0.612. The molecule has 5 heteroatoms. The minimum absolute atomic E-state index is 0.0514. The van der Waals surface area contributed by atoms with Crippen molar-refractivity contribution < 1.29 is 9.59 Å². The average Bonchev–Trinajstić information content (AvgIpc) is 3.02. The summed E-state index contributed by atoms with van der Waals surface area (Å²) in [5.41, 5.74) is 0.0821. The van der Waals surface area contributed by atoms with Gasteiger partial charge in [0.05, 0.1) is 5.69 Å². The predicted octanol–water partition coefficient (Wildman–Crippen LogP) is 2.52. The van der Waals surface area contributed by atoms with E-state index in [4.69, 9.17) is 0 Å². The molecule has 1 N–H and O–H groups in total. The van der Waals surface area contributed by atoms with E-state index in [-0.39, 0.29) is 11.9 Å². The van der Waals surface area contributed by atoms with E-state index in [2.05, 4.69) is 27.9 Å². The minimum Gasteiger partial charge on any atom is -0.322 e. The summed E-state index contributed by atoms with van der Waals surface area (Å²) in [6, 6.07) is 7.25. The van der Waals surface area contributed by atoms with Crippen LogP contribution in [0, 0.1) is 15.4 Å². The van der Waals surface area contributed by atoms with Gasteiger partial charge in [-0.3, -0.25) is 4.79 Å². The van der Waals surface area contributed by atoms with Crippen LogP contribution >= 0.6 is 22.6 Å². The monoisotopic (exact) mass is 368 g/mol. The molecule has 1 spiro atoms. The van der Waals surface area contributed by atoms with Gasteiger partial charge in [-0.2, -0.15) is 0 Å². The highest BCUT2D eigenvalue weighted by molar-refractivity contribution is 14.1. The smallest absolute Gasteiger partial charge is 0.322 e. The molecule has 3 unspecified atom stereocenters. The van der Waals surface area contributed by atoms with Crippen molar-refractivity contribution in [3.8, 4) is 0 Å². The highest BCUT2D eigenvalue weighted by Gasteiger charge is 2.67. The van der Waals surface area contributed by atoms with Crippen LogP contribution < -0.4 is 10.2 Å². The maximum Gasteiger partial charge on any atom is 0.329 e.